The van der Waals surface area contributed by atoms with E-state index >= 15 is 0 Å². The summed E-state index contributed by atoms with van der Waals surface area (Å²) >= 11 is 1.35. The fraction of sp³-hybridized carbons (Fsp3) is 0.172. The Kier molecular flexibility index (Phi) is 7.76. The van der Waals surface area contributed by atoms with Gasteiger partial charge in [-0.05, 0) is 48.0 Å². The van der Waals surface area contributed by atoms with Crippen LogP contribution < -0.4 is 19.8 Å². The Morgan fingerprint density at radius 3 is 2.52 bits per heavy atom. The molecular weight excluding hydrogens is 545 g/mol. The quantitative estimate of drug-likeness (QED) is 0.207. The van der Waals surface area contributed by atoms with E-state index in [1.165, 1.54) is 35.0 Å². The molecule has 0 amide bonds. The minimum absolute atomic E-state index is 0.0282. The highest BCUT2D eigenvalue weighted by Crippen LogP contribution is 2.34. The van der Waals surface area contributed by atoms with Crippen LogP contribution in [0.1, 0.15) is 17.7 Å². The number of fused-ring (bicyclic) bond motifs is 3. The highest BCUT2D eigenvalue weighted by Gasteiger charge is 2.31. The van der Waals surface area contributed by atoms with Gasteiger partial charge in [-0.15, -0.1) is 13.2 Å². The third-order valence-corrected chi connectivity index (χ3v) is 6.98. The third-order valence-electron chi connectivity index (χ3n) is 5.96. The number of aliphatic hydroxyl groups excluding tert-OH is 1. The van der Waals surface area contributed by atoms with Gasteiger partial charge in [-0.25, -0.2) is 4.98 Å². The summed E-state index contributed by atoms with van der Waals surface area (Å²) in [6, 6.07) is 17.8. The highest BCUT2D eigenvalue weighted by atomic mass is 32.1. The molecule has 40 heavy (non-hydrogen) atoms. The number of ether oxygens (including phenoxy) is 3. The van der Waals surface area contributed by atoms with Crippen molar-refractivity contribution in [1.82, 2.24) is 9.38 Å². The standard InChI is InChI=1S/C29H23F3N2O5S/c1-37-23-8-4-6-19(26(23)38-17-5-16-35)12-15-21-25(18-10-13-20(14-11-18)39-29(30,31)32)27(36)34-22-7-2-3-9-24(22)40-28(34)33-21/h2-4,6-15,35H,5,16-17H2,1H3/b15-12+. The van der Waals surface area contributed by atoms with E-state index in [0.29, 0.717) is 45.2 Å². The number of hydrogen-bond donors (Lipinski definition) is 1. The summed E-state index contributed by atoms with van der Waals surface area (Å²) in [7, 11) is 1.52. The minimum Gasteiger partial charge on any atom is -0.493 e. The maximum absolute atomic E-state index is 13.9. The Labute approximate surface area is 230 Å². The van der Waals surface area contributed by atoms with Crippen molar-refractivity contribution >= 4 is 38.7 Å². The Balaban J connectivity index is 1.66. The molecule has 0 aliphatic carbocycles. The molecule has 7 nitrogen and oxygen atoms in total. The zero-order valence-corrected chi connectivity index (χ0v) is 22.0. The maximum Gasteiger partial charge on any atom is 0.573 e. The van der Waals surface area contributed by atoms with Crippen LogP contribution in [0.4, 0.5) is 13.2 Å². The molecule has 5 rings (SSSR count). The van der Waals surface area contributed by atoms with E-state index in [-0.39, 0.29) is 24.3 Å². The normalized spacial score (nSPS) is 11.9. The van der Waals surface area contributed by atoms with Crippen molar-refractivity contribution in [1.29, 1.82) is 0 Å². The van der Waals surface area contributed by atoms with Crippen molar-refractivity contribution in [3.05, 3.63) is 88.3 Å². The van der Waals surface area contributed by atoms with Gasteiger partial charge < -0.3 is 19.3 Å². The van der Waals surface area contributed by atoms with Crippen LogP contribution in [0, 0.1) is 0 Å². The first-order valence-electron chi connectivity index (χ1n) is 12.2. The summed E-state index contributed by atoms with van der Waals surface area (Å²) in [5, 5.41) is 9.14. The summed E-state index contributed by atoms with van der Waals surface area (Å²) < 4.78 is 55.8. The molecule has 1 N–H and O–H groups in total. The van der Waals surface area contributed by atoms with Crippen molar-refractivity contribution in [3.63, 3.8) is 0 Å². The van der Waals surface area contributed by atoms with E-state index in [0.717, 1.165) is 16.8 Å². The van der Waals surface area contributed by atoms with Crippen molar-refractivity contribution in [2.75, 3.05) is 20.3 Å². The largest absolute Gasteiger partial charge is 0.573 e. The van der Waals surface area contributed by atoms with E-state index in [1.54, 1.807) is 30.4 Å². The minimum atomic E-state index is -4.83. The number of para-hydroxylation sites is 2. The van der Waals surface area contributed by atoms with Crippen LogP contribution >= 0.6 is 11.3 Å². The van der Waals surface area contributed by atoms with Crippen molar-refractivity contribution in [2.24, 2.45) is 0 Å². The van der Waals surface area contributed by atoms with Crippen LogP contribution in [0.25, 0.3) is 38.5 Å². The Hall–Kier alpha value is -4.35. The molecule has 0 fully saturated rings. The summed E-state index contributed by atoms with van der Waals surface area (Å²) in [5.41, 5.74) is 1.88. The molecule has 0 radical (unpaired) electrons. The predicted molar refractivity (Wildman–Crippen MR) is 148 cm³/mol. The number of halogens is 3. The van der Waals surface area contributed by atoms with Gasteiger partial charge in [0.05, 0.1) is 35.2 Å². The van der Waals surface area contributed by atoms with Crippen LogP contribution in [-0.2, 0) is 0 Å². The van der Waals surface area contributed by atoms with Gasteiger partial charge in [0.25, 0.3) is 5.56 Å². The molecule has 2 heterocycles. The lowest BCUT2D eigenvalue weighted by Gasteiger charge is -2.13. The summed E-state index contributed by atoms with van der Waals surface area (Å²) in [6.07, 6.45) is -1.01. The van der Waals surface area contributed by atoms with Crippen molar-refractivity contribution < 1.29 is 32.5 Å². The van der Waals surface area contributed by atoms with E-state index < -0.39 is 12.1 Å². The monoisotopic (exact) mass is 568 g/mol. The lowest BCUT2D eigenvalue weighted by atomic mass is 10.0. The van der Waals surface area contributed by atoms with E-state index in [1.807, 2.05) is 24.3 Å². The number of hydrogen-bond acceptors (Lipinski definition) is 7. The maximum atomic E-state index is 13.9. The van der Waals surface area contributed by atoms with Gasteiger partial charge in [0.15, 0.2) is 16.5 Å². The topological polar surface area (TPSA) is 82.3 Å². The first-order valence-corrected chi connectivity index (χ1v) is 13.0. The summed E-state index contributed by atoms with van der Waals surface area (Å²) in [4.78, 5) is 19.1. The number of methoxy groups -OCH3 is 1. The van der Waals surface area contributed by atoms with Gasteiger partial charge in [-0.3, -0.25) is 9.20 Å². The lowest BCUT2D eigenvalue weighted by Crippen LogP contribution is -2.18. The van der Waals surface area contributed by atoms with Crippen LogP contribution in [0.5, 0.6) is 17.2 Å². The Bertz CT molecular complexity index is 1740. The third kappa shape index (κ3) is 5.65. The van der Waals surface area contributed by atoms with Gasteiger partial charge in [-0.2, -0.15) is 0 Å². The number of alkyl halides is 3. The molecule has 0 spiro atoms. The predicted octanol–water partition coefficient (Wildman–Crippen LogP) is 6.42. The van der Waals surface area contributed by atoms with Gasteiger partial charge in [0.2, 0.25) is 0 Å². The van der Waals surface area contributed by atoms with Gasteiger partial charge >= 0.3 is 6.36 Å². The molecule has 3 aromatic carbocycles. The summed E-state index contributed by atoms with van der Waals surface area (Å²) in [5.74, 6) is 0.558. The smallest absolute Gasteiger partial charge is 0.493 e. The lowest BCUT2D eigenvalue weighted by molar-refractivity contribution is -0.274. The SMILES string of the molecule is COc1cccc(/C=C/c2nc3sc4ccccc4n3c(=O)c2-c2ccc(OC(F)(F)F)cc2)c1OCCCO. The molecule has 0 bridgehead atoms. The molecule has 0 saturated heterocycles. The van der Waals surface area contributed by atoms with E-state index in [2.05, 4.69) is 4.74 Å². The molecule has 0 saturated carbocycles. The number of nitrogens with zero attached hydrogens (tertiary/aromatic N) is 2. The second kappa shape index (κ2) is 11.4. The second-order valence-electron chi connectivity index (χ2n) is 8.57. The molecule has 0 aliphatic heterocycles. The Morgan fingerprint density at radius 2 is 1.80 bits per heavy atom. The molecule has 2 aromatic heterocycles. The molecular formula is C29H23F3N2O5S. The van der Waals surface area contributed by atoms with Crippen LogP contribution in [-0.4, -0.2) is 41.2 Å². The van der Waals surface area contributed by atoms with Crippen LogP contribution in [0.3, 0.4) is 0 Å². The molecule has 0 unspecified atom stereocenters. The molecule has 11 heteroatoms. The fourth-order valence-electron chi connectivity index (χ4n) is 4.23. The number of aliphatic hydroxyl groups is 1. The number of benzene rings is 3. The van der Waals surface area contributed by atoms with Gasteiger partial charge in [0, 0.05) is 18.6 Å². The van der Waals surface area contributed by atoms with E-state index in [9.17, 15) is 18.0 Å². The van der Waals surface area contributed by atoms with Crippen molar-refractivity contribution in [2.45, 2.75) is 12.8 Å². The fourth-order valence-corrected chi connectivity index (χ4v) is 5.25. The van der Waals surface area contributed by atoms with E-state index in [4.69, 9.17) is 19.6 Å². The van der Waals surface area contributed by atoms with Crippen LogP contribution in [0.15, 0.2) is 71.5 Å². The zero-order chi connectivity index (χ0) is 28.3. The van der Waals surface area contributed by atoms with Crippen LogP contribution in [0.2, 0.25) is 0 Å². The molecule has 5 aromatic rings. The average molecular weight is 569 g/mol. The Morgan fingerprint density at radius 1 is 1.02 bits per heavy atom. The molecule has 0 aliphatic rings. The van der Waals surface area contributed by atoms with Crippen molar-refractivity contribution in [3.8, 4) is 28.4 Å². The van der Waals surface area contributed by atoms with Gasteiger partial charge in [0.1, 0.15) is 5.75 Å². The average Bonchev–Trinajstić information content (AvgIpc) is 3.31. The molecule has 0 atom stereocenters. The first-order chi connectivity index (χ1) is 19.3. The first kappa shape index (κ1) is 27.2. The van der Waals surface area contributed by atoms with Gasteiger partial charge in [-0.1, -0.05) is 47.7 Å². The number of rotatable bonds is 9. The highest BCUT2D eigenvalue weighted by molar-refractivity contribution is 7.23. The summed E-state index contributed by atoms with van der Waals surface area (Å²) in [6.45, 7) is 0.238. The molecule has 206 valence electrons. The number of thiazole rings is 1. The number of aromatic nitrogens is 2. The zero-order valence-electron chi connectivity index (χ0n) is 21.1. The second-order valence-corrected chi connectivity index (χ2v) is 9.58.